The highest BCUT2D eigenvalue weighted by Gasteiger charge is 1.91. The van der Waals surface area contributed by atoms with Crippen LogP contribution in [-0.2, 0) is 0 Å². The maximum atomic E-state index is 10.3. The van der Waals surface area contributed by atoms with Crippen LogP contribution in [0, 0.1) is 0 Å². The molecule has 0 atom stereocenters. The molecule has 0 aliphatic heterocycles. The highest BCUT2D eigenvalue weighted by molar-refractivity contribution is 14.2. The molecule has 7 heavy (non-hydrogen) atoms. The number of rotatable bonds is 1. The van der Waals surface area contributed by atoms with Gasteiger partial charge in [0.1, 0.15) is 0 Å². The normalized spacial score (nSPS) is 8.29. The van der Waals surface area contributed by atoms with E-state index in [9.17, 15) is 4.79 Å². The molecule has 0 aromatic carbocycles. The molecule has 1 N–H and O–H groups in total. The molecule has 5 heteroatoms. The molecule has 0 saturated carbocycles. The van der Waals surface area contributed by atoms with Crippen molar-refractivity contribution in [3.63, 3.8) is 0 Å². The fraction of sp³-hybridized carbons (Fsp3) is 0.500. The summed E-state index contributed by atoms with van der Waals surface area (Å²) in [6, 6.07) is 0. The van der Waals surface area contributed by atoms with Crippen LogP contribution >= 0.6 is 52.7 Å². The number of carbonyl (C=O) groups is 1. The van der Waals surface area contributed by atoms with Crippen molar-refractivity contribution in [1.82, 2.24) is 5.32 Å². The van der Waals surface area contributed by atoms with Gasteiger partial charge >= 0.3 is 0 Å². The van der Waals surface area contributed by atoms with Gasteiger partial charge in [-0.2, -0.15) is 0 Å². The van der Waals surface area contributed by atoms with Crippen molar-refractivity contribution < 1.29 is 4.79 Å². The molecule has 0 unspecified atom stereocenters. The summed E-state index contributed by atoms with van der Waals surface area (Å²) in [4.78, 5) is 10.3. The van der Waals surface area contributed by atoms with E-state index >= 15 is 0 Å². The molecule has 1 amide bonds. The Balaban J connectivity index is 3.00. The molecule has 0 saturated heterocycles. The third-order valence-corrected chi connectivity index (χ3v) is 2.15. The minimum atomic E-state index is 0.0231. The summed E-state index contributed by atoms with van der Waals surface area (Å²) in [5, 5.41) is 2.62. The Kier molecular flexibility index (Phi) is 6.41. The Labute approximate surface area is 71.9 Å². The van der Waals surface area contributed by atoms with Crippen LogP contribution in [0.3, 0.4) is 0 Å². The highest BCUT2D eigenvalue weighted by atomic mass is 127. The molecule has 0 spiro atoms. The molecule has 0 aliphatic carbocycles. The van der Waals surface area contributed by atoms with Crippen LogP contribution in [0.25, 0.3) is 0 Å². The fourth-order valence-corrected chi connectivity index (χ4v) is 1.28. The third kappa shape index (κ3) is 5.15. The van der Waals surface area contributed by atoms with Gasteiger partial charge in [-0.1, -0.05) is 22.6 Å². The monoisotopic (exact) mass is 343 g/mol. The van der Waals surface area contributed by atoms with Crippen molar-refractivity contribution in [1.29, 1.82) is 0 Å². The van der Waals surface area contributed by atoms with Crippen LogP contribution in [0.1, 0.15) is 0 Å². The summed E-state index contributed by atoms with van der Waals surface area (Å²) in [5.74, 6) is 0. The van der Waals surface area contributed by atoms with Crippen molar-refractivity contribution in [3.05, 3.63) is 0 Å². The van der Waals surface area contributed by atoms with Crippen LogP contribution in [0.2, 0.25) is 0 Å². The van der Waals surface area contributed by atoms with Gasteiger partial charge in [0.2, 0.25) is 0 Å². The first kappa shape index (κ1) is 8.28. The number of hydrogen-bond donors (Lipinski definition) is 1. The van der Waals surface area contributed by atoms with Gasteiger partial charge in [-0.05, 0) is 0 Å². The standard InChI is InChI=1S/C2H3I2NOS/c3-1-5-2(6)7-4/h1H2,(H,5,6). The predicted molar refractivity (Wildman–Crippen MR) is 49.0 cm³/mol. The number of halogens is 2. The van der Waals surface area contributed by atoms with E-state index in [0.29, 0.717) is 4.55 Å². The van der Waals surface area contributed by atoms with Gasteiger partial charge in [0.05, 0.1) is 4.55 Å². The second kappa shape index (κ2) is 5.42. The smallest absolute Gasteiger partial charge is 0.289 e. The number of alkyl halides is 1. The zero-order chi connectivity index (χ0) is 5.70. The topological polar surface area (TPSA) is 29.1 Å². The molecular formula is C2H3I2NOS. The van der Waals surface area contributed by atoms with E-state index in [-0.39, 0.29) is 5.24 Å². The molecule has 0 radical (unpaired) electrons. The minimum absolute atomic E-state index is 0.0231. The van der Waals surface area contributed by atoms with Crippen LogP contribution in [-0.4, -0.2) is 9.79 Å². The van der Waals surface area contributed by atoms with E-state index in [2.05, 4.69) is 27.9 Å². The number of amides is 1. The largest absolute Gasteiger partial charge is 0.337 e. The molecule has 42 valence electrons. The van der Waals surface area contributed by atoms with E-state index in [4.69, 9.17) is 0 Å². The van der Waals surface area contributed by atoms with Crippen molar-refractivity contribution in [2.45, 2.75) is 0 Å². The molecule has 0 rings (SSSR count). The van der Waals surface area contributed by atoms with Crippen molar-refractivity contribution in [2.24, 2.45) is 0 Å². The van der Waals surface area contributed by atoms with Crippen molar-refractivity contribution >= 4 is 58.0 Å². The molecule has 0 aromatic rings. The van der Waals surface area contributed by atoms with Gasteiger partial charge in [0.15, 0.2) is 0 Å². The molecule has 0 fully saturated rings. The second-order valence-corrected chi connectivity index (χ2v) is 3.28. The van der Waals surface area contributed by atoms with Crippen LogP contribution in [0.15, 0.2) is 0 Å². The minimum Gasteiger partial charge on any atom is -0.337 e. The lowest BCUT2D eigenvalue weighted by Gasteiger charge is -1.90. The molecular weight excluding hydrogens is 340 g/mol. The third-order valence-electron chi connectivity index (χ3n) is 0.281. The quantitative estimate of drug-likeness (QED) is 0.449. The van der Waals surface area contributed by atoms with Gasteiger partial charge < -0.3 is 5.32 Å². The average Bonchev–Trinajstić information content (AvgIpc) is 1.68. The van der Waals surface area contributed by atoms with Crippen LogP contribution in [0.4, 0.5) is 4.79 Å². The van der Waals surface area contributed by atoms with Gasteiger partial charge in [-0.25, -0.2) is 0 Å². The van der Waals surface area contributed by atoms with E-state index in [1.807, 2.05) is 21.2 Å². The van der Waals surface area contributed by atoms with E-state index in [0.717, 1.165) is 8.93 Å². The van der Waals surface area contributed by atoms with E-state index < -0.39 is 0 Å². The van der Waals surface area contributed by atoms with E-state index in [1.54, 1.807) is 0 Å². The van der Waals surface area contributed by atoms with Gasteiger partial charge in [0, 0.05) is 30.1 Å². The molecule has 0 heterocycles. The summed E-state index contributed by atoms with van der Waals surface area (Å²) < 4.78 is 0.687. The molecule has 0 aliphatic rings. The number of hydrogen-bond acceptors (Lipinski definition) is 2. The summed E-state index contributed by atoms with van der Waals surface area (Å²) in [5.41, 5.74) is 0. The first-order chi connectivity index (χ1) is 3.31. The zero-order valence-corrected chi connectivity index (χ0v) is 8.41. The Morgan fingerprint density at radius 1 is 1.86 bits per heavy atom. The first-order valence-electron chi connectivity index (χ1n) is 1.43. The first-order valence-corrected chi connectivity index (χ1v) is 6.32. The lowest BCUT2D eigenvalue weighted by atomic mass is 11.2. The Bertz CT molecular complexity index is 68.7. The Morgan fingerprint density at radius 2 is 2.43 bits per heavy atom. The van der Waals surface area contributed by atoms with E-state index in [1.165, 1.54) is 0 Å². The van der Waals surface area contributed by atoms with Gasteiger partial charge in [-0.3, -0.25) is 4.79 Å². The Morgan fingerprint density at radius 3 is 2.57 bits per heavy atom. The molecule has 2 nitrogen and oxygen atoms in total. The summed E-state index contributed by atoms with van der Waals surface area (Å²) >= 11 is 4.02. The number of carbonyl (C=O) groups excluding carboxylic acids is 1. The number of nitrogens with one attached hydrogen (secondary N) is 1. The van der Waals surface area contributed by atoms with Crippen molar-refractivity contribution in [3.8, 4) is 0 Å². The summed E-state index contributed by atoms with van der Waals surface area (Å²) in [6.07, 6.45) is 0. The zero-order valence-electron chi connectivity index (χ0n) is 3.28. The van der Waals surface area contributed by atoms with Crippen LogP contribution < -0.4 is 5.32 Å². The fourth-order valence-electron chi connectivity index (χ4n) is 0.0818. The van der Waals surface area contributed by atoms with Gasteiger partial charge in [-0.15, -0.1) is 0 Å². The average molecular weight is 343 g/mol. The van der Waals surface area contributed by atoms with Gasteiger partial charge in [0.25, 0.3) is 5.24 Å². The Hall–Kier alpha value is 1.28. The lowest BCUT2D eigenvalue weighted by molar-refractivity contribution is 0.262. The summed E-state index contributed by atoms with van der Waals surface area (Å²) in [7, 11) is 1.16. The molecule has 0 bridgehead atoms. The maximum Gasteiger partial charge on any atom is 0.289 e. The van der Waals surface area contributed by atoms with Crippen molar-refractivity contribution in [2.75, 3.05) is 4.55 Å². The molecule has 0 aromatic heterocycles. The maximum absolute atomic E-state index is 10.3. The predicted octanol–water partition coefficient (Wildman–Crippen LogP) is 2.17. The SMILES string of the molecule is O=C(NCI)SI. The van der Waals surface area contributed by atoms with Crippen LogP contribution in [0.5, 0.6) is 0 Å². The second-order valence-electron chi connectivity index (χ2n) is 0.675. The lowest BCUT2D eigenvalue weighted by Crippen LogP contribution is -2.13. The highest BCUT2D eigenvalue weighted by Crippen LogP contribution is 2.10. The summed E-state index contributed by atoms with van der Waals surface area (Å²) in [6.45, 7) is 0.